The van der Waals surface area contributed by atoms with Crippen LogP contribution in [0.3, 0.4) is 0 Å². The van der Waals surface area contributed by atoms with Crippen LogP contribution in [0, 0.1) is 0 Å². The van der Waals surface area contributed by atoms with E-state index in [2.05, 4.69) is 15.9 Å². The molecule has 0 atom stereocenters. The summed E-state index contributed by atoms with van der Waals surface area (Å²) in [5.41, 5.74) is 0.577. The van der Waals surface area contributed by atoms with E-state index in [0.29, 0.717) is 5.56 Å². The molecular formula is C12H11BrO4. The molecule has 0 radical (unpaired) electrons. The molecular weight excluding hydrogens is 288 g/mol. The second-order valence-corrected chi connectivity index (χ2v) is 4.04. The van der Waals surface area contributed by atoms with Crippen LogP contribution in [0.1, 0.15) is 22.8 Å². The van der Waals surface area contributed by atoms with E-state index in [-0.39, 0.29) is 12.2 Å². The molecule has 0 aliphatic rings. The smallest absolute Gasteiger partial charge is 0.336 e. The third-order valence-electron chi connectivity index (χ3n) is 1.93. The van der Waals surface area contributed by atoms with Gasteiger partial charge in [0.25, 0.3) is 0 Å². The van der Waals surface area contributed by atoms with Crippen molar-refractivity contribution in [3.63, 3.8) is 0 Å². The number of esters is 1. The minimum atomic E-state index is -1.04. The summed E-state index contributed by atoms with van der Waals surface area (Å²) >= 11 is 3.24. The van der Waals surface area contributed by atoms with Crippen molar-refractivity contribution in [2.45, 2.75) is 6.92 Å². The number of halogens is 1. The molecule has 1 aromatic rings. The summed E-state index contributed by atoms with van der Waals surface area (Å²) in [7, 11) is 0. The van der Waals surface area contributed by atoms with Crippen LogP contribution < -0.4 is 0 Å². The van der Waals surface area contributed by atoms with Crippen LogP contribution in [0.25, 0.3) is 6.08 Å². The molecule has 0 saturated carbocycles. The Kier molecular flexibility index (Phi) is 4.90. The number of hydrogen-bond donors (Lipinski definition) is 1. The van der Waals surface area contributed by atoms with E-state index in [9.17, 15) is 9.59 Å². The lowest BCUT2D eigenvalue weighted by Crippen LogP contribution is -2.01. The highest BCUT2D eigenvalue weighted by Crippen LogP contribution is 2.18. The highest BCUT2D eigenvalue weighted by molar-refractivity contribution is 9.10. The van der Waals surface area contributed by atoms with Gasteiger partial charge in [0.15, 0.2) is 0 Å². The summed E-state index contributed by atoms with van der Waals surface area (Å²) in [5.74, 6) is -1.54. The molecule has 0 fully saturated rings. The third kappa shape index (κ3) is 4.03. The Balaban J connectivity index is 3.00. The van der Waals surface area contributed by atoms with Crippen molar-refractivity contribution in [3.05, 3.63) is 39.9 Å². The molecule has 0 unspecified atom stereocenters. The van der Waals surface area contributed by atoms with Gasteiger partial charge in [0.05, 0.1) is 12.2 Å². The summed E-state index contributed by atoms with van der Waals surface area (Å²) in [6, 6.07) is 4.72. The first-order valence-electron chi connectivity index (χ1n) is 4.92. The number of hydrogen-bond acceptors (Lipinski definition) is 3. The SMILES string of the molecule is CCOC(=O)C=Cc1cc(Br)ccc1C(=O)O. The molecule has 0 aromatic heterocycles. The van der Waals surface area contributed by atoms with Crippen LogP contribution in [0.15, 0.2) is 28.7 Å². The van der Waals surface area contributed by atoms with Crippen LogP contribution >= 0.6 is 15.9 Å². The molecule has 17 heavy (non-hydrogen) atoms. The standard InChI is InChI=1S/C12H11BrO4/c1-2-17-11(14)6-3-8-7-9(13)4-5-10(8)12(15)16/h3-7H,2H2,1H3,(H,15,16). The first-order valence-corrected chi connectivity index (χ1v) is 5.71. The van der Waals surface area contributed by atoms with Crippen molar-refractivity contribution < 1.29 is 19.4 Å². The minimum absolute atomic E-state index is 0.133. The van der Waals surface area contributed by atoms with E-state index >= 15 is 0 Å². The van der Waals surface area contributed by atoms with E-state index in [0.717, 1.165) is 4.47 Å². The van der Waals surface area contributed by atoms with Gasteiger partial charge in [0.2, 0.25) is 0 Å². The number of rotatable bonds is 4. The number of carboxylic acids is 1. The molecule has 0 saturated heterocycles. The number of benzene rings is 1. The molecule has 0 bridgehead atoms. The monoisotopic (exact) mass is 298 g/mol. The summed E-state index contributed by atoms with van der Waals surface area (Å²) in [6.45, 7) is 1.99. The van der Waals surface area contributed by atoms with Gasteiger partial charge in [-0.25, -0.2) is 9.59 Å². The molecule has 0 heterocycles. The molecule has 0 aliphatic carbocycles. The largest absolute Gasteiger partial charge is 0.478 e. The van der Waals surface area contributed by atoms with Gasteiger partial charge in [-0.2, -0.15) is 0 Å². The quantitative estimate of drug-likeness (QED) is 0.686. The van der Waals surface area contributed by atoms with Crippen molar-refractivity contribution in [2.75, 3.05) is 6.61 Å². The second-order valence-electron chi connectivity index (χ2n) is 3.12. The van der Waals surface area contributed by atoms with Crippen LogP contribution in [0.5, 0.6) is 0 Å². The second kappa shape index (κ2) is 6.20. The zero-order chi connectivity index (χ0) is 12.8. The Bertz CT molecular complexity index is 466. The normalized spacial score (nSPS) is 10.5. The first kappa shape index (κ1) is 13.4. The summed E-state index contributed by atoms with van der Waals surface area (Å²) in [4.78, 5) is 22.1. The Labute approximate surface area is 107 Å². The van der Waals surface area contributed by atoms with E-state index < -0.39 is 11.9 Å². The molecule has 1 N–H and O–H groups in total. The topological polar surface area (TPSA) is 63.6 Å². The van der Waals surface area contributed by atoms with Gasteiger partial charge in [-0.3, -0.25) is 0 Å². The number of ether oxygens (including phenoxy) is 1. The maximum atomic E-state index is 11.1. The van der Waals surface area contributed by atoms with Gasteiger partial charge in [-0.05, 0) is 36.8 Å². The molecule has 1 rings (SSSR count). The molecule has 0 aliphatic heterocycles. The molecule has 0 amide bonds. The van der Waals surface area contributed by atoms with Crippen LogP contribution in [-0.2, 0) is 9.53 Å². The fourth-order valence-electron chi connectivity index (χ4n) is 1.21. The molecule has 5 heteroatoms. The van der Waals surface area contributed by atoms with Gasteiger partial charge in [0.1, 0.15) is 0 Å². The summed E-state index contributed by atoms with van der Waals surface area (Å²) < 4.78 is 5.45. The Morgan fingerprint density at radius 3 is 2.76 bits per heavy atom. The van der Waals surface area contributed by atoms with Crippen molar-refractivity contribution >= 4 is 33.9 Å². The number of aromatic carboxylic acids is 1. The van der Waals surface area contributed by atoms with Gasteiger partial charge >= 0.3 is 11.9 Å². The van der Waals surface area contributed by atoms with E-state index in [1.807, 2.05) is 0 Å². The maximum absolute atomic E-state index is 11.1. The molecule has 1 aromatic carbocycles. The Morgan fingerprint density at radius 1 is 1.47 bits per heavy atom. The molecule has 0 spiro atoms. The van der Waals surface area contributed by atoms with Crippen molar-refractivity contribution in [2.24, 2.45) is 0 Å². The van der Waals surface area contributed by atoms with Crippen molar-refractivity contribution in [1.29, 1.82) is 0 Å². The highest BCUT2D eigenvalue weighted by Gasteiger charge is 2.08. The summed E-state index contributed by atoms with van der Waals surface area (Å²) in [6.07, 6.45) is 2.63. The number of carbonyl (C=O) groups excluding carboxylic acids is 1. The third-order valence-corrected chi connectivity index (χ3v) is 2.42. The number of carbonyl (C=O) groups is 2. The first-order chi connectivity index (χ1) is 8.04. The average Bonchev–Trinajstić information content (AvgIpc) is 2.26. The van der Waals surface area contributed by atoms with E-state index in [4.69, 9.17) is 9.84 Å². The predicted octanol–water partition coefficient (Wildman–Crippen LogP) is 2.72. The lowest BCUT2D eigenvalue weighted by Gasteiger charge is -2.01. The van der Waals surface area contributed by atoms with Crippen LogP contribution in [0.2, 0.25) is 0 Å². The van der Waals surface area contributed by atoms with Gasteiger partial charge < -0.3 is 9.84 Å². The summed E-state index contributed by atoms with van der Waals surface area (Å²) in [5, 5.41) is 8.96. The predicted molar refractivity (Wildman–Crippen MR) is 66.8 cm³/mol. The Morgan fingerprint density at radius 2 is 2.18 bits per heavy atom. The fourth-order valence-corrected chi connectivity index (χ4v) is 1.59. The minimum Gasteiger partial charge on any atom is -0.478 e. The van der Waals surface area contributed by atoms with E-state index in [1.165, 1.54) is 18.2 Å². The fraction of sp³-hybridized carbons (Fsp3) is 0.167. The lowest BCUT2D eigenvalue weighted by molar-refractivity contribution is -0.137. The van der Waals surface area contributed by atoms with Crippen LogP contribution in [-0.4, -0.2) is 23.7 Å². The van der Waals surface area contributed by atoms with Crippen molar-refractivity contribution in [1.82, 2.24) is 0 Å². The lowest BCUT2D eigenvalue weighted by atomic mass is 10.1. The zero-order valence-corrected chi connectivity index (χ0v) is 10.7. The molecule has 90 valence electrons. The number of carboxylic acid groups (broad SMARTS) is 1. The van der Waals surface area contributed by atoms with E-state index in [1.54, 1.807) is 19.1 Å². The van der Waals surface area contributed by atoms with Crippen LogP contribution in [0.4, 0.5) is 0 Å². The van der Waals surface area contributed by atoms with Crippen molar-refractivity contribution in [3.8, 4) is 0 Å². The average molecular weight is 299 g/mol. The maximum Gasteiger partial charge on any atom is 0.336 e. The molecule has 4 nitrogen and oxygen atoms in total. The van der Waals surface area contributed by atoms with Gasteiger partial charge in [-0.1, -0.05) is 15.9 Å². The van der Waals surface area contributed by atoms with Gasteiger partial charge in [0, 0.05) is 10.5 Å². The van der Waals surface area contributed by atoms with Gasteiger partial charge in [-0.15, -0.1) is 0 Å². The highest BCUT2D eigenvalue weighted by atomic mass is 79.9. The Hall–Kier alpha value is -1.62. The zero-order valence-electron chi connectivity index (χ0n) is 9.14.